The molecule has 9 aromatic rings. The maximum atomic E-state index is 2.33. The highest BCUT2D eigenvalue weighted by atomic mass is 15.2. The van der Waals surface area contributed by atoms with Crippen molar-refractivity contribution in [3.8, 4) is 0 Å². The van der Waals surface area contributed by atoms with Crippen molar-refractivity contribution in [3.63, 3.8) is 0 Å². The first kappa shape index (κ1) is 41.1. The lowest BCUT2D eigenvalue weighted by Gasteiger charge is -2.30. The minimum atomic E-state index is 1.05. The molecule has 64 heavy (non-hydrogen) atoms. The van der Waals surface area contributed by atoms with Crippen LogP contribution >= 0.6 is 0 Å². The zero-order valence-corrected chi connectivity index (χ0v) is 36.8. The number of hydrogen-bond acceptors (Lipinski definition) is 6. The SMILES string of the molecule is CN(c1ccccc1)c1ccc(N(c2ccc(N(C)c3ccccc3)cc2)c2ccc(N(c3ccc(N(C)c4ccccc4)cc3)c3ccc(N(C)c4ccccc4)cc3)cc2)cc1. The number of benzene rings is 9. The van der Waals surface area contributed by atoms with Crippen LogP contribution in [0.2, 0.25) is 0 Å². The summed E-state index contributed by atoms with van der Waals surface area (Å²) in [6.07, 6.45) is 0. The predicted octanol–water partition coefficient (Wildman–Crippen LogP) is 15.7. The molecule has 0 amide bonds. The second-order valence-corrected chi connectivity index (χ2v) is 15.8. The average molecular weight is 833 g/mol. The lowest BCUT2D eigenvalue weighted by atomic mass is 10.1. The van der Waals surface area contributed by atoms with Crippen molar-refractivity contribution < 1.29 is 0 Å². The van der Waals surface area contributed by atoms with E-state index >= 15 is 0 Å². The van der Waals surface area contributed by atoms with Crippen molar-refractivity contribution in [3.05, 3.63) is 243 Å². The molecule has 9 rings (SSSR count). The molecule has 0 heterocycles. The van der Waals surface area contributed by atoms with Gasteiger partial charge in [-0.25, -0.2) is 0 Å². The topological polar surface area (TPSA) is 19.4 Å². The molecule has 6 heteroatoms. The van der Waals surface area contributed by atoms with Crippen LogP contribution in [0.15, 0.2) is 243 Å². The quantitative estimate of drug-likeness (QED) is 0.108. The largest absolute Gasteiger partial charge is 0.345 e. The molecule has 0 aromatic heterocycles. The number of hydrogen-bond donors (Lipinski definition) is 0. The summed E-state index contributed by atoms with van der Waals surface area (Å²) in [5, 5.41) is 0. The van der Waals surface area contributed by atoms with Gasteiger partial charge in [0.05, 0.1) is 0 Å². The van der Waals surface area contributed by atoms with E-state index in [-0.39, 0.29) is 0 Å². The second kappa shape index (κ2) is 18.8. The summed E-state index contributed by atoms with van der Waals surface area (Å²) in [5.41, 5.74) is 15.4. The van der Waals surface area contributed by atoms with Gasteiger partial charge in [-0.2, -0.15) is 0 Å². The molecule has 0 N–H and O–H groups in total. The molecule has 6 nitrogen and oxygen atoms in total. The van der Waals surface area contributed by atoms with Crippen LogP contribution in [-0.4, -0.2) is 28.2 Å². The molecular weight excluding hydrogens is 781 g/mol. The molecule has 0 fully saturated rings. The van der Waals surface area contributed by atoms with Gasteiger partial charge in [-0.15, -0.1) is 0 Å². The minimum absolute atomic E-state index is 1.05. The van der Waals surface area contributed by atoms with E-state index in [1.807, 2.05) is 0 Å². The van der Waals surface area contributed by atoms with Crippen LogP contribution in [0.5, 0.6) is 0 Å². The number of nitrogens with zero attached hydrogens (tertiary/aromatic N) is 6. The van der Waals surface area contributed by atoms with E-state index in [0.717, 1.165) is 79.6 Å². The second-order valence-electron chi connectivity index (χ2n) is 15.8. The van der Waals surface area contributed by atoms with Gasteiger partial charge in [0.2, 0.25) is 0 Å². The Morgan fingerprint density at radius 2 is 0.281 bits per heavy atom. The van der Waals surface area contributed by atoms with Crippen LogP contribution in [-0.2, 0) is 0 Å². The van der Waals surface area contributed by atoms with Gasteiger partial charge < -0.3 is 29.4 Å². The molecule has 0 unspecified atom stereocenters. The summed E-state index contributed by atoms with van der Waals surface area (Å²) in [7, 11) is 8.44. The standard InChI is InChI=1S/C58H52N6/c1-59(45-17-9-5-10-18-45)49-25-33-53(34-26-49)63(54-35-27-50(28-36-54)60(2)46-19-11-6-12-20-46)57-41-43-58(44-42-57)64(55-37-29-51(30-38-55)61(3)47-21-13-7-14-22-47)56-39-31-52(32-40-56)62(4)48-23-15-8-16-24-48/h5-44H,1-4H3. The van der Waals surface area contributed by atoms with Crippen LogP contribution < -0.4 is 29.4 Å². The summed E-state index contributed by atoms with van der Waals surface area (Å²) in [5.74, 6) is 0. The van der Waals surface area contributed by atoms with Crippen molar-refractivity contribution in [2.24, 2.45) is 0 Å². The Bertz CT molecular complexity index is 2460. The first-order valence-corrected chi connectivity index (χ1v) is 21.7. The molecule has 314 valence electrons. The first-order chi connectivity index (χ1) is 31.4. The van der Waals surface area contributed by atoms with Crippen molar-refractivity contribution in [2.45, 2.75) is 0 Å². The van der Waals surface area contributed by atoms with Crippen LogP contribution in [0.4, 0.5) is 79.6 Å². The summed E-state index contributed by atoms with van der Waals surface area (Å²) in [6.45, 7) is 0. The van der Waals surface area contributed by atoms with Crippen LogP contribution in [0.1, 0.15) is 0 Å². The predicted molar refractivity (Wildman–Crippen MR) is 274 cm³/mol. The smallest absolute Gasteiger partial charge is 0.0463 e. The molecule has 9 aromatic carbocycles. The third-order valence-corrected chi connectivity index (χ3v) is 11.9. The van der Waals surface area contributed by atoms with Gasteiger partial charge in [0.1, 0.15) is 0 Å². The summed E-state index contributed by atoms with van der Waals surface area (Å²) in [4.78, 5) is 13.5. The van der Waals surface area contributed by atoms with Gasteiger partial charge in [0, 0.05) is 108 Å². The van der Waals surface area contributed by atoms with Gasteiger partial charge >= 0.3 is 0 Å². The molecule has 0 bridgehead atoms. The van der Waals surface area contributed by atoms with E-state index in [4.69, 9.17) is 0 Å². The first-order valence-electron chi connectivity index (χ1n) is 21.7. The molecular formula is C58H52N6. The molecule has 0 atom stereocenters. The normalized spacial score (nSPS) is 10.8. The van der Waals surface area contributed by atoms with Gasteiger partial charge in [-0.05, 0) is 170 Å². The summed E-state index contributed by atoms with van der Waals surface area (Å²) < 4.78 is 0. The highest BCUT2D eigenvalue weighted by molar-refractivity contribution is 5.84. The zero-order valence-electron chi connectivity index (χ0n) is 36.8. The summed E-state index contributed by atoms with van der Waals surface area (Å²) >= 11 is 0. The van der Waals surface area contributed by atoms with Crippen LogP contribution in [0.3, 0.4) is 0 Å². The minimum Gasteiger partial charge on any atom is -0.345 e. The fourth-order valence-corrected chi connectivity index (χ4v) is 8.15. The van der Waals surface area contributed by atoms with E-state index in [9.17, 15) is 0 Å². The van der Waals surface area contributed by atoms with Gasteiger partial charge in [0.25, 0.3) is 0 Å². The van der Waals surface area contributed by atoms with Gasteiger partial charge in [-0.1, -0.05) is 72.8 Å². The Morgan fingerprint density at radius 3 is 0.438 bits per heavy atom. The van der Waals surface area contributed by atoms with E-state index < -0.39 is 0 Å². The molecule has 0 aliphatic carbocycles. The monoisotopic (exact) mass is 832 g/mol. The van der Waals surface area contributed by atoms with E-state index in [0.29, 0.717) is 0 Å². The Balaban J connectivity index is 1.08. The Morgan fingerprint density at radius 1 is 0.156 bits per heavy atom. The Labute approximate surface area is 378 Å². The number of para-hydroxylation sites is 4. The van der Waals surface area contributed by atoms with Crippen molar-refractivity contribution >= 4 is 79.6 Å². The van der Waals surface area contributed by atoms with E-state index in [1.54, 1.807) is 0 Å². The molecule has 0 spiro atoms. The Hall–Kier alpha value is -8.22. The van der Waals surface area contributed by atoms with Crippen molar-refractivity contribution in [2.75, 3.05) is 57.6 Å². The highest BCUT2D eigenvalue weighted by Gasteiger charge is 2.18. The van der Waals surface area contributed by atoms with E-state index in [1.165, 1.54) is 0 Å². The van der Waals surface area contributed by atoms with Crippen LogP contribution in [0.25, 0.3) is 0 Å². The highest BCUT2D eigenvalue weighted by Crippen LogP contribution is 2.42. The van der Waals surface area contributed by atoms with Crippen molar-refractivity contribution in [1.29, 1.82) is 0 Å². The van der Waals surface area contributed by atoms with Crippen molar-refractivity contribution in [1.82, 2.24) is 0 Å². The van der Waals surface area contributed by atoms with Crippen LogP contribution in [0, 0.1) is 0 Å². The number of anilines is 14. The lowest BCUT2D eigenvalue weighted by molar-refractivity contribution is 1.19. The van der Waals surface area contributed by atoms with Gasteiger partial charge in [0.15, 0.2) is 0 Å². The number of rotatable bonds is 14. The maximum Gasteiger partial charge on any atom is 0.0463 e. The van der Waals surface area contributed by atoms with E-state index in [2.05, 4.69) is 300 Å². The molecule has 0 aliphatic rings. The third kappa shape index (κ3) is 8.89. The summed E-state index contributed by atoms with van der Waals surface area (Å²) in [6, 6.07) is 86.0. The maximum absolute atomic E-state index is 2.33. The third-order valence-electron chi connectivity index (χ3n) is 11.9. The molecule has 0 radical (unpaired) electrons. The average Bonchev–Trinajstić information content (AvgIpc) is 3.38. The fraction of sp³-hybridized carbons (Fsp3) is 0.0690. The molecule has 0 saturated heterocycles. The Kier molecular flexibility index (Phi) is 12.1. The molecule has 0 saturated carbocycles. The zero-order chi connectivity index (χ0) is 43.8. The lowest BCUT2D eigenvalue weighted by Crippen LogP contribution is -2.14. The molecule has 0 aliphatic heterocycles. The fourth-order valence-electron chi connectivity index (χ4n) is 8.15. The van der Waals surface area contributed by atoms with Gasteiger partial charge in [-0.3, -0.25) is 0 Å².